The summed E-state index contributed by atoms with van der Waals surface area (Å²) in [5.74, 6) is 1.07. The first kappa shape index (κ1) is 16.7. The first-order valence-electron chi connectivity index (χ1n) is 8.73. The molecular formula is C18H21N5O3. The van der Waals surface area contributed by atoms with Crippen molar-refractivity contribution in [1.82, 2.24) is 24.6 Å². The van der Waals surface area contributed by atoms with Crippen molar-refractivity contribution >= 4 is 16.9 Å². The van der Waals surface area contributed by atoms with Crippen LogP contribution < -0.4 is 0 Å². The zero-order valence-corrected chi connectivity index (χ0v) is 14.8. The zero-order valence-electron chi connectivity index (χ0n) is 14.8. The van der Waals surface area contributed by atoms with E-state index >= 15 is 0 Å². The fourth-order valence-electron chi connectivity index (χ4n) is 3.30. The smallest absolute Gasteiger partial charge is 0.257 e. The molecule has 1 amide bonds. The summed E-state index contributed by atoms with van der Waals surface area (Å²) in [6.45, 7) is 5.29. The van der Waals surface area contributed by atoms with Gasteiger partial charge in [0.15, 0.2) is 11.9 Å². The summed E-state index contributed by atoms with van der Waals surface area (Å²) in [5.41, 5.74) is 1.97. The molecule has 3 aromatic rings. The van der Waals surface area contributed by atoms with Crippen LogP contribution >= 0.6 is 0 Å². The monoisotopic (exact) mass is 355 g/mol. The highest BCUT2D eigenvalue weighted by Crippen LogP contribution is 2.24. The van der Waals surface area contributed by atoms with E-state index in [0.29, 0.717) is 37.8 Å². The summed E-state index contributed by atoms with van der Waals surface area (Å²) in [6, 6.07) is 7.91. The molecule has 2 aromatic heterocycles. The van der Waals surface area contributed by atoms with E-state index in [-0.39, 0.29) is 18.1 Å². The number of benzene rings is 1. The summed E-state index contributed by atoms with van der Waals surface area (Å²) in [5, 5.41) is 3.81. The Morgan fingerprint density at radius 2 is 2.15 bits per heavy atom. The topological polar surface area (TPSA) is 86.3 Å². The van der Waals surface area contributed by atoms with E-state index in [1.54, 1.807) is 13.3 Å². The summed E-state index contributed by atoms with van der Waals surface area (Å²) in [6.07, 6.45) is 1.73. The third-order valence-electron chi connectivity index (χ3n) is 4.53. The Labute approximate surface area is 150 Å². The Morgan fingerprint density at radius 3 is 2.96 bits per heavy atom. The summed E-state index contributed by atoms with van der Waals surface area (Å²) < 4.78 is 13.1. The van der Waals surface area contributed by atoms with Crippen LogP contribution in [0, 0.1) is 6.92 Å². The van der Waals surface area contributed by atoms with Crippen LogP contribution in [0.25, 0.3) is 11.0 Å². The van der Waals surface area contributed by atoms with E-state index in [2.05, 4.69) is 15.1 Å². The highest BCUT2D eigenvalue weighted by atomic mass is 16.5. The molecule has 0 bridgehead atoms. The number of imidazole rings is 1. The largest absolute Gasteiger partial charge is 0.362 e. The molecule has 136 valence electrons. The molecule has 0 radical (unpaired) electrons. The lowest BCUT2D eigenvalue weighted by Gasteiger charge is -2.35. The molecule has 2 atom stereocenters. The highest BCUT2D eigenvalue weighted by molar-refractivity contribution is 5.77. The maximum atomic E-state index is 12.7. The van der Waals surface area contributed by atoms with Gasteiger partial charge in [-0.1, -0.05) is 17.3 Å². The Balaban J connectivity index is 1.42. The van der Waals surface area contributed by atoms with E-state index in [9.17, 15) is 4.79 Å². The number of ether oxygens (including phenoxy) is 1. The molecule has 1 aromatic carbocycles. The minimum absolute atomic E-state index is 0.0826. The van der Waals surface area contributed by atoms with E-state index in [1.807, 2.05) is 40.7 Å². The predicted molar refractivity (Wildman–Crippen MR) is 93.3 cm³/mol. The van der Waals surface area contributed by atoms with Crippen LogP contribution in [0.1, 0.15) is 31.2 Å². The van der Waals surface area contributed by atoms with Gasteiger partial charge in [0.05, 0.1) is 30.0 Å². The number of amides is 1. The van der Waals surface area contributed by atoms with Crippen molar-refractivity contribution in [2.75, 3.05) is 13.1 Å². The van der Waals surface area contributed by atoms with Crippen molar-refractivity contribution < 1.29 is 14.1 Å². The van der Waals surface area contributed by atoms with Crippen molar-refractivity contribution in [1.29, 1.82) is 0 Å². The van der Waals surface area contributed by atoms with Crippen LogP contribution in [0.3, 0.4) is 0 Å². The number of morpholine rings is 1. The van der Waals surface area contributed by atoms with Crippen LogP contribution in [0.4, 0.5) is 0 Å². The molecule has 1 saturated heterocycles. The second kappa shape index (κ2) is 6.87. The van der Waals surface area contributed by atoms with Gasteiger partial charge in [0.2, 0.25) is 5.91 Å². The molecule has 0 saturated carbocycles. The van der Waals surface area contributed by atoms with Gasteiger partial charge in [-0.25, -0.2) is 4.98 Å². The second-order valence-corrected chi connectivity index (χ2v) is 6.59. The third-order valence-corrected chi connectivity index (χ3v) is 4.53. The first-order valence-corrected chi connectivity index (χ1v) is 8.73. The van der Waals surface area contributed by atoms with Gasteiger partial charge in [0.25, 0.3) is 5.89 Å². The van der Waals surface area contributed by atoms with Crippen molar-refractivity contribution in [2.24, 2.45) is 0 Å². The lowest BCUT2D eigenvalue weighted by molar-refractivity contribution is -0.147. The normalized spacial score (nSPS) is 20.6. The van der Waals surface area contributed by atoms with Crippen LogP contribution in [0.5, 0.6) is 0 Å². The Morgan fingerprint density at radius 1 is 1.31 bits per heavy atom. The van der Waals surface area contributed by atoms with Crippen molar-refractivity contribution in [3.8, 4) is 0 Å². The molecule has 1 aliphatic heterocycles. The minimum atomic E-state index is -0.377. The summed E-state index contributed by atoms with van der Waals surface area (Å²) in [7, 11) is 0. The van der Waals surface area contributed by atoms with E-state index in [1.165, 1.54) is 0 Å². The molecule has 8 nitrogen and oxygen atoms in total. The van der Waals surface area contributed by atoms with Crippen molar-refractivity contribution in [3.05, 3.63) is 42.3 Å². The molecule has 0 aliphatic carbocycles. The van der Waals surface area contributed by atoms with Gasteiger partial charge >= 0.3 is 0 Å². The second-order valence-electron chi connectivity index (χ2n) is 6.59. The average Bonchev–Trinajstić information content (AvgIpc) is 3.25. The lowest BCUT2D eigenvalue weighted by Crippen LogP contribution is -2.46. The van der Waals surface area contributed by atoms with Gasteiger partial charge in [-0.15, -0.1) is 0 Å². The van der Waals surface area contributed by atoms with Crippen molar-refractivity contribution in [2.45, 2.75) is 39.0 Å². The number of carbonyl (C=O) groups is 1. The number of rotatable bonds is 4. The molecular weight excluding hydrogens is 334 g/mol. The van der Waals surface area contributed by atoms with Gasteiger partial charge in [0, 0.05) is 19.5 Å². The number of aromatic nitrogens is 4. The van der Waals surface area contributed by atoms with Crippen LogP contribution in [0.15, 0.2) is 35.1 Å². The predicted octanol–water partition coefficient (Wildman–Crippen LogP) is 2.11. The maximum absolute atomic E-state index is 12.7. The summed E-state index contributed by atoms with van der Waals surface area (Å²) in [4.78, 5) is 23.1. The first-order chi connectivity index (χ1) is 12.6. The standard InChI is InChI=1S/C18H21N5O3/c1-12-9-23(10-16(25-12)18-20-13(2)21-26-18)17(24)7-8-22-11-19-14-5-3-4-6-15(14)22/h3-6,11-12,16H,7-10H2,1-2H3/t12-,16-/m1/s1. The van der Waals surface area contributed by atoms with Gasteiger partial charge in [0.1, 0.15) is 0 Å². The highest BCUT2D eigenvalue weighted by Gasteiger charge is 2.32. The molecule has 26 heavy (non-hydrogen) atoms. The Kier molecular flexibility index (Phi) is 4.42. The van der Waals surface area contributed by atoms with Crippen LogP contribution in [-0.4, -0.2) is 49.7 Å². The van der Waals surface area contributed by atoms with Gasteiger partial charge < -0.3 is 18.7 Å². The van der Waals surface area contributed by atoms with E-state index in [0.717, 1.165) is 11.0 Å². The number of nitrogens with zero attached hydrogens (tertiary/aromatic N) is 5. The number of hydrogen-bond donors (Lipinski definition) is 0. The number of carbonyl (C=O) groups excluding carboxylic acids is 1. The Bertz CT molecular complexity index is 918. The van der Waals surface area contributed by atoms with Gasteiger partial charge in [-0.3, -0.25) is 4.79 Å². The molecule has 1 aliphatic rings. The Hall–Kier alpha value is -2.74. The fourth-order valence-corrected chi connectivity index (χ4v) is 3.30. The molecule has 0 N–H and O–H groups in total. The molecule has 8 heteroatoms. The van der Waals surface area contributed by atoms with Crippen molar-refractivity contribution in [3.63, 3.8) is 0 Å². The minimum Gasteiger partial charge on any atom is -0.362 e. The lowest BCUT2D eigenvalue weighted by atomic mass is 10.2. The molecule has 3 heterocycles. The maximum Gasteiger partial charge on any atom is 0.257 e. The summed E-state index contributed by atoms with van der Waals surface area (Å²) >= 11 is 0. The number of para-hydroxylation sites is 2. The average molecular weight is 355 g/mol. The molecule has 0 spiro atoms. The number of fused-ring (bicyclic) bond motifs is 1. The van der Waals surface area contributed by atoms with Gasteiger partial charge in [-0.05, 0) is 26.0 Å². The SMILES string of the molecule is Cc1noc([C@H]2CN(C(=O)CCn3cnc4ccccc43)C[C@@H](C)O2)n1. The molecule has 4 rings (SSSR count). The third kappa shape index (κ3) is 3.32. The van der Waals surface area contributed by atoms with Gasteiger partial charge in [-0.2, -0.15) is 4.98 Å². The number of aryl methyl sites for hydroxylation is 2. The molecule has 0 unspecified atom stereocenters. The molecule has 1 fully saturated rings. The zero-order chi connectivity index (χ0) is 18.1. The number of hydrogen-bond acceptors (Lipinski definition) is 6. The van der Waals surface area contributed by atoms with Crippen LogP contribution in [-0.2, 0) is 16.1 Å². The van der Waals surface area contributed by atoms with E-state index < -0.39 is 0 Å². The van der Waals surface area contributed by atoms with Crippen LogP contribution in [0.2, 0.25) is 0 Å². The van der Waals surface area contributed by atoms with E-state index in [4.69, 9.17) is 9.26 Å². The quantitative estimate of drug-likeness (QED) is 0.712. The fraction of sp³-hybridized carbons (Fsp3) is 0.444.